The van der Waals surface area contributed by atoms with Crippen LogP contribution in [-0.2, 0) is 0 Å². The Bertz CT molecular complexity index is 976. The first-order valence-electron chi connectivity index (χ1n) is 10.3. The van der Waals surface area contributed by atoms with Crippen LogP contribution in [0.15, 0.2) is 60.7 Å². The predicted octanol–water partition coefficient (Wildman–Crippen LogP) is 3.98. The molecule has 5 nitrogen and oxygen atoms in total. The summed E-state index contributed by atoms with van der Waals surface area (Å²) in [6.07, 6.45) is 0. The van der Waals surface area contributed by atoms with Crippen molar-refractivity contribution in [1.82, 2.24) is 20.1 Å². The number of aromatic nitrogens is 1. The van der Waals surface area contributed by atoms with E-state index in [1.54, 1.807) is 0 Å². The van der Waals surface area contributed by atoms with E-state index < -0.39 is 0 Å². The van der Waals surface area contributed by atoms with Crippen molar-refractivity contribution in [1.29, 1.82) is 0 Å². The molecule has 1 aliphatic rings. The zero-order chi connectivity index (χ0) is 20.9. The number of rotatable bonds is 6. The second kappa shape index (κ2) is 9.47. The van der Waals surface area contributed by atoms with Crippen molar-refractivity contribution in [3.63, 3.8) is 0 Å². The number of nitrogens with one attached hydrogen (secondary N) is 2. The lowest BCUT2D eigenvalue weighted by Gasteiger charge is -2.32. The maximum atomic E-state index is 13.1. The van der Waals surface area contributed by atoms with Crippen LogP contribution in [0, 0.1) is 0 Å². The third-order valence-corrected chi connectivity index (χ3v) is 5.84. The van der Waals surface area contributed by atoms with Crippen molar-refractivity contribution >= 4 is 17.5 Å². The van der Waals surface area contributed by atoms with Crippen LogP contribution in [0.4, 0.5) is 0 Å². The Morgan fingerprint density at radius 2 is 1.70 bits per heavy atom. The number of amides is 1. The van der Waals surface area contributed by atoms with Gasteiger partial charge in [0.05, 0.1) is 11.3 Å². The summed E-state index contributed by atoms with van der Waals surface area (Å²) in [5.41, 5.74) is 4.37. The Balaban J connectivity index is 1.51. The second-order valence-electron chi connectivity index (χ2n) is 7.75. The SMILES string of the molecule is CN1CCN(CCNC(=O)c2cc(-c3ccc(Cl)cc3)[nH]c2-c2ccccc2)CC1. The fourth-order valence-electron chi connectivity index (χ4n) is 3.75. The summed E-state index contributed by atoms with van der Waals surface area (Å²) in [6, 6.07) is 19.5. The van der Waals surface area contributed by atoms with Gasteiger partial charge in [0.15, 0.2) is 0 Å². The molecule has 6 heteroatoms. The third-order valence-electron chi connectivity index (χ3n) is 5.59. The Kier molecular flexibility index (Phi) is 6.53. The van der Waals surface area contributed by atoms with Crippen molar-refractivity contribution in [2.24, 2.45) is 0 Å². The van der Waals surface area contributed by atoms with E-state index in [4.69, 9.17) is 11.6 Å². The average Bonchev–Trinajstić information content (AvgIpc) is 3.22. The largest absolute Gasteiger partial charge is 0.354 e. The topological polar surface area (TPSA) is 51.4 Å². The van der Waals surface area contributed by atoms with E-state index in [0.29, 0.717) is 17.1 Å². The minimum Gasteiger partial charge on any atom is -0.354 e. The van der Waals surface area contributed by atoms with Crippen molar-refractivity contribution in [3.8, 4) is 22.5 Å². The number of aromatic amines is 1. The number of likely N-dealkylation sites (N-methyl/N-ethyl adjacent to an activating group) is 1. The Labute approximate surface area is 182 Å². The molecular weight excluding hydrogens is 396 g/mol. The van der Waals surface area contributed by atoms with E-state index in [2.05, 4.69) is 27.1 Å². The molecule has 1 aromatic heterocycles. The summed E-state index contributed by atoms with van der Waals surface area (Å²) in [6.45, 7) is 5.76. The van der Waals surface area contributed by atoms with Crippen LogP contribution in [0.5, 0.6) is 0 Å². The van der Waals surface area contributed by atoms with Crippen LogP contribution in [-0.4, -0.2) is 67.0 Å². The summed E-state index contributed by atoms with van der Waals surface area (Å²) in [7, 11) is 2.15. The van der Waals surface area contributed by atoms with Gasteiger partial charge in [-0.1, -0.05) is 54.1 Å². The highest BCUT2D eigenvalue weighted by atomic mass is 35.5. The van der Waals surface area contributed by atoms with Gasteiger partial charge in [-0.05, 0) is 36.4 Å². The van der Waals surface area contributed by atoms with E-state index in [-0.39, 0.29) is 5.91 Å². The van der Waals surface area contributed by atoms with Gasteiger partial charge in [-0.2, -0.15) is 0 Å². The van der Waals surface area contributed by atoms with Crippen molar-refractivity contribution in [3.05, 3.63) is 71.2 Å². The molecule has 1 aliphatic heterocycles. The van der Waals surface area contributed by atoms with Crippen LogP contribution in [0.1, 0.15) is 10.4 Å². The van der Waals surface area contributed by atoms with Gasteiger partial charge in [0.2, 0.25) is 0 Å². The van der Waals surface area contributed by atoms with Gasteiger partial charge in [0.25, 0.3) is 5.91 Å². The van der Waals surface area contributed by atoms with Crippen molar-refractivity contribution < 1.29 is 4.79 Å². The van der Waals surface area contributed by atoms with Crippen LogP contribution in [0.3, 0.4) is 0 Å². The van der Waals surface area contributed by atoms with Gasteiger partial charge in [0, 0.05) is 50.0 Å². The van der Waals surface area contributed by atoms with E-state index in [1.165, 1.54) is 0 Å². The molecule has 1 amide bonds. The van der Waals surface area contributed by atoms with Gasteiger partial charge in [-0.15, -0.1) is 0 Å². The molecule has 0 aliphatic carbocycles. The monoisotopic (exact) mass is 422 g/mol. The maximum Gasteiger partial charge on any atom is 0.253 e. The minimum atomic E-state index is -0.0561. The van der Waals surface area contributed by atoms with Gasteiger partial charge in [-0.3, -0.25) is 9.69 Å². The number of hydrogen-bond acceptors (Lipinski definition) is 3. The van der Waals surface area contributed by atoms with Crippen LogP contribution < -0.4 is 5.32 Å². The standard InChI is InChI=1S/C24H27ClN4O/c1-28-13-15-29(16-14-28)12-11-26-24(30)21-17-22(18-7-9-20(25)10-8-18)27-23(21)19-5-3-2-4-6-19/h2-10,17,27H,11-16H2,1H3,(H,26,30). The number of H-pyrrole nitrogens is 1. The van der Waals surface area contributed by atoms with Gasteiger partial charge < -0.3 is 15.2 Å². The Morgan fingerprint density at radius 3 is 2.40 bits per heavy atom. The smallest absolute Gasteiger partial charge is 0.253 e. The summed E-state index contributed by atoms with van der Waals surface area (Å²) in [4.78, 5) is 21.2. The Morgan fingerprint density at radius 1 is 1.00 bits per heavy atom. The van der Waals surface area contributed by atoms with Crippen molar-refractivity contribution in [2.45, 2.75) is 0 Å². The highest BCUT2D eigenvalue weighted by Gasteiger charge is 2.18. The summed E-state index contributed by atoms with van der Waals surface area (Å²) >= 11 is 6.03. The normalized spacial score (nSPS) is 15.3. The third kappa shape index (κ3) is 4.93. The molecule has 0 atom stereocenters. The molecule has 30 heavy (non-hydrogen) atoms. The molecule has 0 bridgehead atoms. The first-order chi connectivity index (χ1) is 14.6. The lowest BCUT2D eigenvalue weighted by molar-refractivity contribution is 0.0942. The van der Waals surface area contributed by atoms with Gasteiger partial charge in [-0.25, -0.2) is 0 Å². The molecule has 0 spiro atoms. The molecule has 4 rings (SSSR count). The summed E-state index contributed by atoms with van der Waals surface area (Å²) < 4.78 is 0. The molecule has 2 aromatic carbocycles. The maximum absolute atomic E-state index is 13.1. The Hall–Kier alpha value is -2.60. The summed E-state index contributed by atoms with van der Waals surface area (Å²) in [5, 5.41) is 3.80. The number of carbonyl (C=O) groups is 1. The molecule has 0 unspecified atom stereocenters. The molecule has 1 saturated heterocycles. The lowest BCUT2D eigenvalue weighted by atomic mass is 10.1. The number of benzene rings is 2. The van der Waals surface area contributed by atoms with E-state index in [1.807, 2.05) is 60.7 Å². The van der Waals surface area contributed by atoms with E-state index >= 15 is 0 Å². The highest BCUT2D eigenvalue weighted by molar-refractivity contribution is 6.30. The number of carbonyl (C=O) groups excluding carboxylic acids is 1. The fraction of sp³-hybridized carbons (Fsp3) is 0.292. The zero-order valence-electron chi connectivity index (χ0n) is 17.2. The second-order valence-corrected chi connectivity index (χ2v) is 8.18. The predicted molar refractivity (Wildman–Crippen MR) is 123 cm³/mol. The molecular formula is C24H27ClN4O. The number of piperazine rings is 1. The minimum absolute atomic E-state index is 0.0561. The van der Waals surface area contributed by atoms with Crippen LogP contribution >= 0.6 is 11.6 Å². The van der Waals surface area contributed by atoms with Gasteiger partial charge >= 0.3 is 0 Å². The highest BCUT2D eigenvalue weighted by Crippen LogP contribution is 2.29. The number of halogens is 1. The number of hydrogen-bond donors (Lipinski definition) is 2. The molecule has 3 aromatic rings. The van der Waals surface area contributed by atoms with E-state index in [9.17, 15) is 4.79 Å². The molecule has 2 N–H and O–H groups in total. The fourth-order valence-corrected chi connectivity index (χ4v) is 3.87. The summed E-state index contributed by atoms with van der Waals surface area (Å²) in [5.74, 6) is -0.0561. The molecule has 0 radical (unpaired) electrons. The molecule has 0 saturated carbocycles. The molecule has 1 fully saturated rings. The number of nitrogens with zero attached hydrogens (tertiary/aromatic N) is 2. The first kappa shape index (κ1) is 20.7. The lowest BCUT2D eigenvalue weighted by Crippen LogP contribution is -2.46. The average molecular weight is 423 g/mol. The van der Waals surface area contributed by atoms with Crippen molar-refractivity contribution in [2.75, 3.05) is 46.3 Å². The zero-order valence-corrected chi connectivity index (χ0v) is 18.0. The van der Waals surface area contributed by atoms with Gasteiger partial charge in [0.1, 0.15) is 0 Å². The van der Waals surface area contributed by atoms with E-state index in [0.717, 1.165) is 55.2 Å². The van der Waals surface area contributed by atoms with Crippen LogP contribution in [0.2, 0.25) is 5.02 Å². The molecule has 156 valence electrons. The van der Waals surface area contributed by atoms with Crippen LogP contribution in [0.25, 0.3) is 22.5 Å². The molecule has 2 heterocycles. The quantitative estimate of drug-likeness (QED) is 0.631. The first-order valence-corrected chi connectivity index (χ1v) is 10.7.